The van der Waals surface area contributed by atoms with Gasteiger partial charge in [-0.05, 0) is 18.9 Å². The zero-order valence-electron chi connectivity index (χ0n) is 10.6. The van der Waals surface area contributed by atoms with Crippen LogP contribution >= 0.6 is 15.9 Å². The van der Waals surface area contributed by atoms with Crippen LogP contribution in [0.15, 0.2) is 41.1 Å². The molecular formula is C14H15BrN2O2. The first-order valence-electron chi connectivity index (χ1n) is 6.02. The van der Waals surface area contributed by atoms with Gasteiger partial charge in [0.2, 0.25) is 0 Å². The third-order valence-corrected chi connectivity index (χ3v) is 3.62. The lowest BCUT2D eigenvalue weighted by atomic mass is 10.1. The molecule has 0 aliphatic heterocycles. The summed E-state index contributed by atoms with van der Waals surface area (Å²) in [6.45, 7) is 1.72. The van der Waals surface area contributed by atoms with E-state index in [2.05, 4.69) is 26.4 Å². The van der Waals surface area contributed by atoms with Gasteiger partial charge in [0.05, 0.1) is 6.20 Å². The number of rotatable bonds is 5. The molecule has 2 aromatic rings. The fourth-order valence-electron chi connectivity index (χ4n) is 1.82. The Bertz CT molecular complexity index is 539. The molecule has 1 amide bonds. The maximum Gasteiger partial charge on any atom is 0.256 e. The van der Waals surface area contributed by atoms with Gasteiger partial charge in [-0.25, -0.2) is 0 Å². The molecule has 0 radical (unpaired) electrons. The molecule has 0 saturated carbocycles. The van der Waals surface area contributed by atoms with E-state index in [1.165, 1.54) is 11.8 Å². The summed E-state index contributed by atoms with van der Waals surface area (Å²) in [6, 6.07) is 10.1. The number of halogens is 1. The van der Waals surface area contributed by atoms with Crippen molar-refractivity contribution >= 4 is 21.8 Å². The minimum absolute atomic E-state index is 0.0317. The van der Waals surface area contributed by atoms with Crippen molar-refractivity contribution in [3.8, 4) is 0 Å². The molecular weight excluding hydrogens is 308 g/mol. The quantitative estimate of drug-likeness (QED) is 0.861. The van der Waals surface area contributed by atoms with Crippen molar-refractivity contribution in [2.75, 3.05) is 5.33 Å². The van der Waals surface area contributed by atoms with E-state index in [0.29, 0.717) is 16.7 Å². The molecule has 1 aromatic carbocycles. The van der Waals surface area contributed by atoms with Crippen molar-refractivity contribution in [3.05, 3.63) is 53.4 Å². The highest BCUT2D eigenvalue weighted by Crippen LogP contribution is 2.09. The fourth-order valence-corrected chi connectivity index (χ4v) is 2.21. The lowest BCUT2D eigenvalue weighted by molar-refractivity contribution is 0.0939. The Morgan fingerprint density at radius 1 is 1.42 bits per heavy atom. The number of nitrogens with one attached hydrogen (secondary N) is 1. The number of hydrogen-bond donors (Lipinski definition) is 1. The van der Waals surface area contributed by atoms with Gasteiger partial charge in [0, 0.05) is 11.4 Å². The number of alkyl halides is 1. The Hall–Kier alpha value is -1.62. The topological polar surface area (TPSA) is 55.1 Å². The molecule has 1 atom stereocenters. The van der Waals surface area contributed by atoms with Gasteiger partial charge in [0.25, 0.3) is 5.91 Å². The van der Waals surface area contributed by atoms with Crippen molar-refractivity contribution in [1.82, 2.24) is 10.5 Å². The van der Waals surface area contributed by atoms with Crippen molar-refractivity contribution in [3.63, 3.8) is 0 Å². The summed E-state index contributed by atoms with van der Waals surface area (Å²) >= 11 is 3.43. The second-order valence-electron chi connectivity index (χ2n) is 4.31. The van der Waals surface area contributed by atoms with Gasteiger partial charge in [0.15, 0.2) is 0 Å². The number of nitrogens with zero attached hydrogens (tertiary/aromatic N) is 1. The van der Waals surface area contributed by atoms with Crippen LogP contribution in [-0.4, -0.2) is 22.4 Å². The van der Waals surface area contributed by atoms with E-state index in [1.807, 2.05) is 30.3 Å². The number of carbonyl (C=O) groups is 1. The Morgan fingerprint density at radius 2 is 2.16 bits per heavy atom. The van der Waals surface area contributed by atoms with E-state index in [4.69, 9.17) is 4.52 Å². The van der Waals surface area contributed by atoms with Gasteiger partial charge in [-0.15, -0.1) is 0 Å². The van der Waals surface area contributed by atoms with E-state index < -0.39 is 0 Å². The average Bonchev–Trinajstić information content (AvgIpc) is 2.85. The van der Waals surface area contributed by atoms with Crippen LogP contribution in [0.3, 0.4) is 0 Å². The monoisotopic (exact) mass is 322 g/mol. The molecule has 1 N–H and O–H groups in total. The van der Waals surface area contributed by atoms with Crippen LogP contribution in [0.25, 0.3) is 0 Å². The molecule has 19 heavy (non-hydrogen) atoms. The SMILES string of the molecule is Cc1oncc1C(=O)NC(CBr)Cc1ccccc1. The maximum atomic E-state index is 12.1. The van der Waals surface area contributed by atoms with Crippen LogP contribution < -0.4 is 5.32 Å². The van der Waals surface area contributed by atoms with Gasteiger partial charge >= 0.3 is 0 Å². The van der Waals surface area contributed by atoms with Crippen LogP contribution in [0, 0.1) is 6.92 Å². The Labute approximate surface area is 120 Å². The van der Waals surface area contributed by atoms with Crippen LogP contribution in [0.2, 0.25) is 0 Å². The molecule has 1 unspecified atom stereocenters. The minimum atomic E-state index is -0.154. The predicted molar refractivity (Wildman–Crippen MR) is 76.4 cm³/mol. The van der Waals surface area contributed by atoms with Gasteiger partial charge in [-0.3, -0.25) is 4.79 Å². The molecule has 0 aliphatic carbocycles. The van der Waals surface area contributed by atoms with Crippen LogP contribution in [0.1, 0.15) is 21.7 Å². The standard InChI is InChI=1S/C14H15BrN2O2/c1-10-13(9-16-19-10)14(18)17-12(8-15)7-11-5-3-2-4-6-11/h2-6,9,12H,7-8H2,1H3,(H,17,18). The normalized spacial score (nSPS) is 12.1. The molecule has 5 heteroatoms. The lowest BCUT2D eigenvalue weighted by Gasteiger charge is -2.15. The van der Waals surface area contributed by atoms with Gasteiger partial charge in [0.1, 0.15) is 11.3 Å². The number of benzene rings is 1. The number of amides is 1. The highest BCUT2D eigenvalue weighted by molar-refractivity contribution is 9.09. The minimum Gasteiger partial charge on any atom is -0.361 e. The predicted octanol–water partition coefficient (Wildman–Crippen LogP) is 2.72. The summed E-state index contributed by atoms with van der Waals surface area (Å²) < 4.78 is 4.90. The third kappa shape index (κ3) is 3.67. The third-order valence-electron chi connectivity index (χ3n) is 2.84. The zero-order chi connectivity index (χ0) is 13.7. The van der Waals surface area contributed by atoms with Crippen molar-refractivity contribution in [2.45, 2.75) is 19.4 Å². The van der Waals surface area contributed by atoms with E-state index in [1.54, 1.807) is 6.92 Å². The van der Waals surface area contributed by atoms with Gasteiger partial charge in [-0.2, -0.15) is 0 Å². The average molecular weight is 323 g/mol. The fraction of sp³-hybridized carbons (Fsp3) is 0.286. The number of carbonyl (C=O) groups excluding carboxylic acids is 1. The molecule has 0 bridgehead atoms. The first kappa shape index (κ1) is 13.8. The van der Waals surface area contributed by atoms with Crippen molar-refractivity contribution in [1.29, 1.82) is 0 Å². The highest BCUT2D eigenvalue weighted by Gasteiger charge is 2.17. The van der Waals surface area contributed by atoms with E-state index in [9.17, 15) is 4.79 Å². The summed E-state index contributed by atoms with van der Waals surface area (Å²) in [5, 5.41) is 7.28. The first-order valence-corrected chi connectivity index (χ1v) is 7.15. The Balaban J connectivity index is 2.00. The smallest absolute Gasteiger partial charge is 0.256 e. The molecule has 0 spiro atoms. The van der Waals surface area contributed by atoms with Crippen LogP contribution in [0.4, 0.5) is 0 Å². The van der Waals surface area contributed by atoms with E-state index in [0.717, 1.165) is 6.42 Å². The Morgan fingerprint density at radius 3 is 2.74 bits per heavy atom. The molecule has 0 saturated heterocycles. The van der Waals surface area contributed by atoms with Crippen LogP contribution in [-0.2, 0) is 6.42 Å². The molecule has 0 aliphatic rings. The summed E-state index contributed by atoms with van der Waals surface area (Å²) in [7, 11) is 0. The van der Waals surface area contributed by atoms with Gasteiger partial charge in [-0.1, -0.05) is 51.4 Å². The number of aromatic nitrogens is 1. The molecule has 2 rings (SSSR count). The molecule has 1 aromatic heterocycles. The molecule has 100 valence electrons. The number of aryl methyl sites for hydroxylation is 1. The summed E-state index contributed by atoms with van der Waals surface area (Å²) in [6.07, 6.45) is 2.22. The maximum absolute atomic E-state index is 12.1. The zero-order valence-corrected chi connectivity index (χ0v) is 12.2. The largest absolute Gasteiger partial charge is 0.361 e. The molecule has 1 heterocycles. The first-order chi connectivity index (χ1) is 9.20. The summed E-state index contributed by atoms with van der Waals surface area (Å²) in [4.78, 5) is 12.1. The van der Waals surface area contributed by atoms with Crippen molar-refractivity contribution < 1.29 is 9.32 Å². The highest BCUT2D eigenvalue weighted by atomic mass is 79.9. The van der Waals surface area contributed by atoms with E-state index in [-0.39, 0.29) is 11.9 Å². The summed E-state index contributed by atoms with van der Waals surface area (Å²) in [5.74, 6) is 0.379. The van der Waals surface area contributed by atoms with Crippen molar-refractivity contribution in [2.24, 2.45) is 0 Å². The number of hydrogen-bond acceptors (Lipinski definition) is 3. The van der Waals surface area contributed by atoms with Crippen LogP contribution in [0.5, 0.6) is 0 Å². The molecule has 4 nitrogen and oxygen atoms in total. The second-order valence-corrected chi connectivity index (χ2v) is 4.96. The van der Waals surface area contributed by atoms with E-state index >= 15 is 0 Å². The molecule has 0 fully saturated rings. The lowest BCUT2D eigenvalue weighted by Crippen LogP contribution is -2.37. The Kier molecular flexibility index (Phi) is 4.74. The van der Waals surface area contributed by atoms with Gasteiger partial charge < -0.3 is 9.84 Å². The summed E-state index contributed by atoms with van der Waals surface area (Å²) in [5.41, 5.74) is 1.67. The second kappa shape index (κ2) is 6.52.